The van der Waals surface area contributed by atoms with Gasteiger partial charge in [-0.3, -0.25) is 9.48 Å². The second-order valence-corrected chi connectivity index (χ2v) is 8.90. The first kappa shape index (κ1) is 21.5. The standard InChI is InChI=1S/C27H26ClN3O2/c1-18-24-23(33-26(18)27(32)29-15-7-10-19-8-3-2-4-9-19)14-13-21-17-31(30-25(21)24)16-20-11-5-6-12-22(20)28/h2-6,8-9,11-12,17H,7,10,13-16H2,1H3,(H,29,32). The zero-order valence-electron chi connectivity index (χ0n) is 18.6. The van der Waals surface area contributed by atoms with Gasteiger partial charge in [0.05, 0.1) is 12.2 Å². The summed E-state index contributed by atoms with van der Waals surface area (Å²) in [5.41, 5.74) is 6.20. The number of aromatic nitrogens is 2. The average Bonchev–Trinajstić information content (AvgIpc) is 3.39. The summed E-state index contributed by atoms with van der Waals surface area (Å²) < 4.78 is 7.96. The maximum atomic E-state index is 12.8. The Kier molecular flexibility index (Phi) is 6.05. The van der Waals surface area contributed by atoms with Gasteiger partial charge in [0.15, 0.2) is 5.76 Å². The number of carbonyl (C=O) groups is 1. The molecule has 6 heteroatoms. The van der Waals surface area contributed by atoms with Crippen LogP contribution in [0.2, 0.25) is 5.02 Å². The molecule has 2 aromatic heterocycles. The smallest absolute Gasteiger partial charge is 0.287 e. The van der Waals surface area contributed by atoms with Crippen molar-refractivity contribution in [2.45, 2.75) is 39.2 Å². The number of benzene rings is 2. The van der Waals surface area contributed by atoms with Crippen molar-refractivity contribution in [2.24, 2.45) is 0 Å². The maximum absolute atomic E-state index is 12.8. The third-order valence-electron chi connectivity index (χ3n) is 6.18. The third kappa shape index (κ3) is 4.46. The fourth-order valence-electron chi connectivity index (χ4n) is 4.48. The van der Waals surface area contributed by atoms with E-state index in [1.807, 2.05) is 54.1 Å². The Morgan fingerprint density at radius 1 is 1.12 bits per heavy atom. The minimum atomic E-state index is -0.160. The first-order chi connectivity index (χ1) is 16.1. The highest BCUT2D eigenvalue weighted by molar-refractivity contribution is 6.31. The zero-order valence-corrected chi connectivity index (χ0v) is 19.4. The van der Waals surface area contributed by atoms with Crippen molar-refractivity contribution in [1.29, 1.82) is 0 Å². The number of hydrogen-bond acceptors (Lipinski definition) is 3. The number of aryl methyl sites for hydroxylation is 3. The number of furan rings is 1. The Hall–Kier alpha value is -3.31. The predicted molar refractivity (Wildman–Crippen MR) is 130 cm³/mol. The van der Waals surface area contributed by atoms with E-state index in [9.17, 15) is 4.79 Å². The van der Waals surface area contributed by atoms with Crippen molar-refractivity contribution < 1.29 is 9.21 Å². The SMILES string of the molecule is Cc1c(C(=O)NCCCc2ccccc2)oc2c1-c1nn(Cc3ccccc3Cl)cc1CC2. The van der Waals surface area contributed by atoms with E-state index in [4.69, 9.17) is 21.1 Å². The van der Waals surface area contributed by atoms with E-state index >= 15 is 0 Å². The summed E-state index contributed by atoms with van der Waals surface area (Å²) in [5.74, 6) is 1.08. The van der Waals surface area contributed by atoms with Gasteiger partial charge in [0.1, 0.15) is 5.76 Å². The highest BCUT2D eigenvalue weighted by Crippen LogP contribution is 2.38. The summed E-state index contributed by atoms with van der Waals surface area (Å²) in [6, 6.07) is 18.1. The molecule has 5 nitrogen and oxygen atoms in total. The Morgan fingerprint density at radius 2 is 1.91 bits per heavy atom. The van der Waals surface area contributed by atoms with Gasteiger partial charge >= 0.3 is 0 Å². The first-order valence-corrected chi connectivity index (χ1v) is 11.7. The van der Waals surface area contributed by atoms with Gasteiger partial charge < -0.3 is 9.73 Å². The van der Waals surface area contributed by atoms with Gasteiger partial charge in [0.2, 0.25) is 0 Å². The molecule has 1 amide bonds. The van der Waals surface area contributed by atoms with Crippen LogP contribution in [0, 0.1) is 6.92 Å². The molecule has 1 aliphatic rings. The van der Waals surface area contributed by atoms with E-state index in [0.717, 1.165) is 58.9 Å². The summed E-state index contributed by atoms with van der Waals surface area (Å²) in [6.07, 6.45) is 5.50. The van der Waals surface area contributed by atoms with Crippen LogP contribution >= 0.6 is 11.6 Å². The van der Waals surface area contributed by atoms with Crippen molar-refractivity contribution in [3.8, 4) is 11.3 Å². The van der Waals surface area contributed by atoms with Crippen LogP contribution in [0.15, 0.2) is 65.2 Å². The largest absolute Gasteiger partial charge is 0.455 e. The fourth-order valence-corrected chi connectivity index (χ4v) is 4.68. The van der Waals surface area contributed by atoms with Crippen molar-refractivity contribution in [3.63, 3.8) is 0 Å². The lowest BCUT2D eigenvalue weighted by Gasteiger charge is -2.09. The second-order valence-electron chi connectivity index (χ2n) is 8.49. The van der Waals surface area contributed by atoms with Gasteiger partial charge in [0.25, 0.3) is 5.91 Å². The summed E-state index contributed by atoms with van der Waals surface area (Å²) in [5, 5.41) is 8.59. The number of nitrogens with zero attached hydrogens (tertiary/aromatic N) is 2. The molecule has 2 heterocycles. The van der Waals surface area contributed by atoms with E-state index in [1.54, 1.807) is 0 Å². The van der Waals surface area contributed by atoms with Gasteiger partial charge in [-0.2, -0.15) is 5.10 Å². The average molecular weight is 460 g/mol. The number of fused-ring (bicyclic) bond motifs is 3. The van der Waals surface area contributed by atoms with Crippen LogP contribution in [0.5, 0.6) is 0 Å². The highest BCUT2D eigenvalue weighted by atomic mass is 35.5. The molecule has 5 rings (SSSR count). The number of hydrogen-bond donors (Lipinski definition) is 1. The lowest BCUT2D eigenvalue weighted by atomic mass is 9.93. The van der Waals surface area contributed by atoms with Crippen LogP contribution in [0.4, 0.5) is 0 Å². The van der Waals surface area contributed by atoms with Gasteiger partial charge in [-0.05, 0) is 48.9 Å². The summed E-state index contributed by atoms with van der Waals surface area (Å²) in [6.45, 7) is 3.16. The van der Waals surface area contributed by atoms with Gasteiger partial charge in [-0.15, -0.1) is 0 Å². The lowest BCUT2D eigenvalue weighted by molar-refractivity contribution is 0.0923. The molecule has 0 radical (unpaired) electrons. The predicted octanol–water partition coefficient (Wildman–Crippen LogP) is 5.61. The van der Waals surface area contributed by atoms with Crippen LogP contribution < -0.4 is 5.32 Å². The highest BCUT2D eigenvalue weighted by Gasteiger charge is 2.29. The van der Waals surface area contributed by atoms with E-state index in [2.05, 4.69) is 23.6 Å². The van der Waals surface area contributed by atoms with Crippen LogP contribution in [0.25, 0.3) is 11.3 Å². The van der Waals surface area contributed by atoms with E-state index in [0.29, 0.717) is 18.8 Å². The molecule has 0 spiro atoms. The maximum Gasteiger partial charge on any atom is 0.287 e. The lowest BCUT2D eigenvalue weighted by Crippen LogP contribution is -2.25. The van der Waals surface area contributed by atoms with Crippen molar-refractivity contribution in [2.75, 3.05) is 6.54 Å². The zero-order chi connectivity index (χ0) is 22.8. The van der Waals surface area contributed by atoms with E-state index in [1.165, 1.54) is 11.1 Å². The summed E-state index contributed by atoms with van der Waals surface area (Å²) in [4.78, 5) is 12.8. The van der Waals surface area contributed by atoms with Gasteiger partial charge in [-0.1, -0.05) is 60.1 Å². The van der Waals surface area contributed by atoms with Gasteiger partial charge in [-0.25, -0.2) is 0 Å². The molecule has 0 saturated carbocycles. The first-order valence-electron chi connectivity index (χ1n) is 11.3. The van der Waals surface area contributed by atoms with Crippen molar-refractivity contribution in [1.82, 2.24) is 15.1 Å². The number of carbonyl (C=O) groups excluding carboxylic acids is 1. The molecule has 0 aliphatic heterocycles. The minimum absolute atomic E-state index is 0.160. The molecule has 2 aromatic carbocycles. The molecule has 168 valence electrons. The quantitative estimate of drug-likeness (QED) is 0.365. The summed E-state index contributed by atoms with van der Waals surface area (Å²) in [7, 11) is 0. The molecule has 0 unspecified atom stereocenters. The molecule has 0 bridgehead atoms. The number of halogens is 1. The normalized spacial score (nSPS) is 12.3. The van der Waals surface area contributed by atoms with Crippen molar-refractivity contribution >= 4 is 17.5 Å². The molecular formula is C27H26ClN3O2. The van der Waals surface area contributed by atoms with Crippen LogP contribution in [0.3, 0.4) is 0 Å². The van der Waals surface area contributed by atoms with Crippen molar-refractivity contribution in [3.05, 3.63) is 99.6 Å². The van der Waals surface area contributed by atoms with Crippen LogP contribution in [-0.4, -0.2) is 22.2 Å². The minimum Gasteiger partial charge on any atom is -0.455 e. The Labute approximate surface area is 198 Å². The van der Waals surface area contributed by atoms with Gasteiger partial charge in [0, 0.05) is 35.3 Å². The molecule has 0 fully saturated rings. The molecule has 0 atom stereocenters. The van der Waals surface area contributed by atoms with E-state index < -0.39 is 0 Å². The topological polar surface area (TPSA) is 60.1 Å². The van der Waals surface area contributed by atoms with E-state index in [-0.39, 0.29) is 5.91 Å². The Bertz CT molecular complexity index is 1290. The van der Waals surface area contributed by atoms with Crippen LogP contribution in [0.1, 0.15) is 45.0 Å². The molecule has 1 N–H and O–H groups in total. The summed E-state index contributed by atoms with van der Waals surface area (Å²) >= 11 is 6.33. The molecule has 0 saturated heterocycles. The van der Waals surface area contributed by atoms with Crippen LogP contribution in [-0.2, 0) is 25.8 Å². The number of amides is 1. The second kappa shape index (κ2) is 9.28. The number of nitrogens with one attached hydrogen (secondary N) is 1. The number of rotatable bonds is 7. The molecule has 1 aliphatic carbocycles. The third-order valence-corrected chi connectivity index (χ3v) is 6.55. The molecule has 4 aromatic rings. The molecular weight excluding hydrogens is 434 g/mol. The fraction of sp³-hybridized carbons (Fsp3) is 0.259. The Balaban J connectivity index is 1.30. The molecule has 33 heavy (non-hydrogen) atoms. The Morgan fingerprint density at radius 3 is 2.73 bits per heavy atom. The monoisotopic (exact) mass is 459 g/mol.